The van der Waals surface area contributed by atoms with Crippen LogP contribution >= 0.6 is 23.4 Å². The van der Waals surface area contributed by atoms with Gasteiger partial charge in [-0.1, -0.05) is 23.7 Å². The van der Waals surface area contributed by atoms with Gasteiger partial charge in [0.15, 0.2) is 0 Å². The van der Waals surface area contributed by atoms with Crippen LogP contribution in [-0.2, 0) is 16.1 Å². The quantitative estimate of drug-likeness (QED) is 0.251. The van der Waals surface area contributed by atoms with Crippen molar-refractivity contribution in [2.24, 2.45) is 0 Å². The van der Waals surface area contributed by atoms with Crippen LogP contribution in [0.1, 0.15) is 42.0 Å². The van der Waals surface area contributed by atoms with Gasteiger partial charge in [0, 0.05) is 47.1 Å². The number of aliphatic carboxylic acids is 1. The van der Waals surface area contributed by atoms with Crippen molar-refractivity contribution < 1.29 is 19.4 Å². The summed E-state index contributed by atoms with van der Waals surface area (Å²) < 4.78 is 6.29. The number of halogens is 1. The Kier molecular flexibility index (Phi) is 8.64. The summed E-state index contributed by atoms with van der Waals surface area (Å²) in [6.07, 6.45) is 0.763. The number of nitrogens with one attached hydrogen (secondary N) is 1. The number of anilines is 1. The molecule has 0 atom stereocenters. The SMILES string of the molecule is COCCCn1c(-c2ccc(SC(C)(C)C(=O)O)cc2)nc(C(=O)Nc2ccc(Cl)cc2C)c1C. The minimum Gasteiger partial charge on any atom is -0.480 e. The fourth-order valence-corrected chi connectivity index (χ4v) is 4.74. The van der Waals surface area contributed by atoms with E-state index in [9.17, 15) is 14.7 Å². The van der Waals surface area contributed by atoms with Gasteiger partial charge in [0.1, 0.15) is 16.3 Å². The Morgan fingerprint density at radius 2 is 1.86 bits per heavy atom. The highest BCUT2D eigenvalue weighted by Gasteiger charge is 2.28. The molecule has 0 unspecified atom stereocenters. The lowest BCUT2D eigenvalue weighted by molar-refractivity contribution is -0.138. The number of nitrogens with zero attached hydrogens (tertiary/aromatic N) is 2. The van der Waals surface area contributed by atoms with Crippen molar-refractivity contribution in [2.75, 3.05) is 19.0 Å². The van der Waals surface area contributed by atoms with E-state index >= 15 is 0 Å². The molecule has 0 saturated carbocycles. The Hall–Kier alpha value is -2.81. The summed E-state index contributed by atoms with van der Waals surface area (Å²) in [6.45, 7) is 8.33. The van der Waals surface area contributed by atoms with Gasteiger partial charge in [0.25, 0.3) is 5.91 Å². The number of imidazole rings is 1. The molecule has 0 aliphatic rings. The Morgan fingerprint density at radius 1 is 1.17 bits per heavy atom. The zero-order valence-corrected chi connectivity index (χ0v) is 22.1. The van der Waals surface area contributed by atoms with Crippen LogP contribution in [0.4, 0.5) is 5.69 Å². The largest absolute Gasteiger partial charge is 0.480 e. The van der Waals surface area contributed by atoms with E-state index in [1.165, 1.54) is 11.8 Å². The van der Waals surface area contributed by atoms with Gasteiger partial charge < -0.3 is 19.7 Å². The number of hydrogen-bond donors (Lipinski definition) is 2. The van der Waals surface area contributed by atoms with Gasteiger partial charge in [-0.2, -0.15) is 0 Å². The van der Waals surface area contributed by atoms with E-state index in [2.05, 4.69) is 5.32 Å². The summed E-state index contributed by atoms with van der Waals surface area (Å²) in [6, 6.07) is 12.9. The van der Waals surface area contributed by atoms with Gasteiger partial charge in [0.2, 0.25) is 0 Å². The number of thioether (sulfide) groups is 1. The Balaban J connectivity index is 1.93. The number of carbonyl (C=O) groups is 2. The fourth-order valence-electron chi connectivity index (χ4n) is 3.57. The first-order valence-electron chi connectivity index (χ1n) is 11.2. The Morgan fingerprint density at radius 3 is 2.46 bits per heavy atom. The average molecular weight is 516 g/mol. The number of carboxylic acids is 1. The third-order valence-electron chi connectivity index (χ3n) is 5.60. The summed E-state index contributed by atoms with van der Waals surface area (Å²) in [5.41, 5.74) is 3.48. The molecule has 0 spiro atoms. The molecule has 2 N–H and O–H groups in total. The number of aromatic nitrogens is 2. The molecule has 0 bridgehead atoms. The van der Waals surface area contributed by atoms with Gasteiger partial charge in [-0.15, -0.1) is 11.8 Å². The predicted octanol–water partition coefficient (Wildman–Crippen LogP) is 6.06. The Labute approximate surface area is 214 Å². The number of carbonyl (C=O) groups excluding carboxylic acids is 1. The summed E-state index contributed by atoms with van der Waals surface area (Å²) >= 11 is 7.32. The van der Waals surface area contributed by atoms with Crippen molar-refractivity contribution in [3.05, 3.63) is 64.4 Å². The van der Waals surface area contributed by atoms with Crippen LogP contribution in [-0.4, -0.2) is 45.0 Å². The third-order valence-corrected chi connectivity index (χ3v) is 7.03. The van der Waals surface area contributed by atoms with E-state index in [0.717, 1.165) is 28.1 Å². The maximum atomic E-state index is 13.2. The molecular weight excluding hydrogens is 486 g/mol. The molecule has 0 radical (unpaired) electrons. The van der Waals surface area contributed by atoms with Gasteiger partial charge >= 0.3 is 5.97 Å². The molecule has 186 valence electrons. The number of hydrogen-bond acceptors (Lipinski definition) is 5. The summed E-state index contributed by atoms with van der Waals surface area (Å²) in [5.74, 6) is -0.497. The summed E-state index contributed by atoms with van der Waals surface area (Å²) in [5, 5.41) is 13.0. The van der Waals surface area contributed by atoms with E-state index in [1.807, 2.05) is 42.7 Å². The maximum Gasteiger partial charge on any atom is 0.319 e. The zero-order valence-electron chi connectivity index (χ0n) is 20.5. The van der Waals surface area contributed by atoms with Gasteiger partial charge in [0.05, 0.1) is 0 Å². The number of ether oxygens (including phenoxy) is 1. The molecule has 7 nitrogen and oxygen atoms in total. The molecule has 0 aliphatic heterocycles. The number of carboxylic acid groups (broad SMARTS) is 1. The molecule has 35 heavy (non-hydrogen) atoms. The first-order valence-corrected chi connectivity index (χ1v) is 12.4. The second-order valence-corrected chi connectivity index (χ2v) is 10.9. The number of methoxy groups -OCH3 is 1. The summed E-state index contributed by atoms with van der Waals surface area (Å²) in [4.78, 5) is 30.2. The average Bonchev–Trinajstić information content (AvgIpc) is 3.12. The first kappa shape index (κ1) is 26.8. The van der Waals surface area contributed by atoms with E-state index in [4.69, 9.17) is 21.3 Å². The van der Waals surface area contributed by atoms with Gasteiger partial charge in [-0.05, 0) is 70.0 Å². The Bertz CT molecular complexity index is 1220. The molecule has 9 heteroatoms. The molecule has 0 aliphatic carbocycles. The number of aryl methyl sites for hydroxylation is 1. The van der Waals surface area contributed by atoms with Crippen molar-refractivity contribution >= 4 is 40.9 Å². The second-order valence-electron chi connectivity index (χ2n) is 8.72. The van der Waals surface area contributed by atoms with Crippen molar-refractivity contribution in [1.29, 1.82) is 0 Å². The van der Waals surface area contributed by atoms with E-state index < -0.39 is 10.7 Å². The van der Waals surface area contributed by atoms with Gasteiger partial charge in [-0.3, -0.25) is 9.59 Å². The van der Waals surface area contributed by atoms with Crippen LogP contribution in [0, 0.1) is 13.8 Å². The molecule has 2 aromatic carbocycles. The highest BCUT2D eigenvalue weighted by molar-refractivity contribution is 8.01. The fraction of sp³-hybridized carbons (Fsp3) is 0.346. The molecule has 0 saturated heterocycles. The number of rotatable bonds is 10. The van der Waals surface area contributed by atoms with Crippen molar-refractivity contribution in [1.82, 2.24) is 9.55 Å². The van der Waals surface area contributed by atoms with Crippen LogP contribution in [0.15, 0.2) is 47.4 Å². The molecule has 0 fully saturated rings. The van der Waals surface area contributed by atoms with Crippen molar-refractivity contribution in [3.63, 3.8) is 0 Å². The predicted molar refractivity (Wildman–Crippen MR) is 141 cm³/mol. The maximum absolute atomic E-state index is 13.2. The van der Waals surface area contributed by atoms with Crippen LogP contribution in [0.2, 0.25) is 5.02 Å². The molecule has 3 rings (SSSR count). The second kappa shape index (κ2) is 11.3. The van der Waals surface area contributed by atoms with E-state index in [-0.39, 0.29) is 5.91 Å². The minimum absolute atomic E-state index is 0.296. The molecule has 1 aromatic heterocycles. The van der Waals surface area contributed by atoms with Crippen LogP contribution in [0.25, 0.3) is 11.4 Å². The van der Waals surface area contributed by atoms with Crippen LogP contribution in [0.5, 0.6) is 0 Å². The van der Waals surface area contributed by atoms with E-state index in [0.29, 0.717) is 35.4 Å². The van der Waals surface area contributed by atoms with Gasteiger partial charge in [-0.25, -0.2) is 4.98 Å². The van der Waals surface area contributed by atoms with Crippen LogP contribution in [0.3, 0.4) is 0 Å². The molecule has 3 aromatic rings. The standard InChI is InChI=1S/C26H30ClN3O4S/c1-16-15-19(27)9-12-21(16)28-24(31)22-17(2)30(13-6-14-34-5)23(29-22)18-7-10-20(11-8-18)35-26(3,4)25(32)33/h7-12,15H,6,13-14H2,1-5H3,(H,28,31)(H,32,33). The van der Waals surface area contributed by atoms with Crippen molar-refractivity contribution in [3.8, 4) is 11.4 Å². The van der Waals surface area contributed by atoms with E-state index in [1.54, 1.807) is 39.2 Å². The molecule has 1 amide bonds. The molecule has 1 heterocycles. The minimum atomic E-state index is -0.943. The lowest BCUT2D eigenvalue weighted by atomic mass is 10.2. The lowest BCUT2D eigenvalue weighted by Gasteiger charge is -2.18. The number of benzene rings is 2. The van der Waals surface area contributed by atoms with Crippen molar-refractivity contribution in [2.45, 2.75) is 50.3 Å². The monoisotopic (exact) mass is 515 g/mol. The van der Waals surface area contributed by atoms with Crippen LogP contribution < -0.4 is 5.32 Å². The topological polar surface area (TPSA) is 93.4 Å². The first-order chi connectivity index (χ1) is 16.5. The zero-order chi connectivity index (χ0) is 25.8. The number of amides is 1. The highest BCUT2D eigenvalue weighted by atomic mass is 35.5. The third kappa shape index (κ3) is 6.45. The molecular formula is C26H30ClN3O4S. The normalized spacial score (nSPS) is 11.5. The smallest absolute Gasteiger partial charge is 0.319 e. The highest BCUT2D eigenvalue weighted by Crippen LogP contribution is 2.34. The summed E-state index contributed by atoms with van der Waals surface area (Å²) in [7, 11) is 1.66. The lowest BCUT2D eigenvalue weighted by Crippen LogP contribution is -2.26.